The third-order valence-electron chi connectivity index (χ3n) is 5.32. The molecule has 1 aromatic carbocycles. The molecule has 0 bridgehead atoms. The summed E-state index contributed by atoms with van der Waals surface area (Å²) in [5, 5.41) is 9.93. The molecule has 0 aliphatic heterocycles. The van der Waals surface area contributed by atoms with Gasteiger partial charge in [0.05, 0.1) is 35.2 Å². The van der Waals surface area contributed by atoms with E-state index >= 15 is 0 Å². The van der Waals surface area contributed by atoms with Crippen LogP contribution in [-0.4, -0.2) is 41.2 Å². The summed E-state index contributed by atoms with van der Waals surface area (Å²) in [6.07, 6.45) is 3.05. The standard InChI is InChI=1S/C23H25N3O3S/c1-4-29-23(28)19-12-17(13-24)22(25-15(19)2)30-14-21(27)26(3)20-11-7-9-16-8-5-6-10-18(16)20/h5-6,8,10,12,20H,4,7,9,11,14H2,1-3H3/t20-/m1/s1. The van der Waals surface area contributed by atoms with E-state index in [0.29, 0.717) is 10.7 Å². The van der Waals surface area contributed by atoms with Gasteiger partial charge in [0.2, 0.25) is 5.91 Å². The maximum atomic E-state index is 12.9. The maximum absolute atomic E-state index is 12.9. The van der Waals surface area contributed by atoms with E-state index in [1.54, 1.807) is 18.7 Å². The highest BCUT2D eigenvalue weighted by molar-refractivity contribution is 8.00. The maximum Gasteiger partial charge on any atom is 0.340 e. The second-order valence-electron chi connectivity index (χ2n) is 7.21. The number of amides is 1. The van der Waals surface area contributed by atoms with Crippen LogP contribution in [0.4, 0.5) is 0 Å². The lowest BCUT2D eigenvalue weighted by atomic mass is 9.87. The Hall–Kier alpha value is -2.85. The fourth-order valence-corrected chi connectivity index (χ4v) is 4.65. The Kier molecular flexibility index (Phi) is 7.11. The molecule has 3 rings (SSSR count). The number of pyridine rings is 1. The van der Waals surface area contributed by atoms with Crippen LogP contribution in [-0.2, 0) is 16.0 Å². The van der Waals surface area contributed by atoms with Crippen LogP contribution in [0.2, 0.25) is 0 Å². The van der Waals surface area contributed by atoms with Gasteiger partial charge in [-0.3, -0.25) is 4.79 Å². The summed E-state index contributed by atoms with van der Waals surface area (Å²) >= 11 is 1.22. The predicted octanol–water partition coefficient (Wildman–Crippen LogP) is 4.07. The van der Waals surface area contributed by atoms with Crippen LogP contribution in [0.5, 0.6) is 0 Å². The molecule has 1 aliphatic rings. The van der Waals surface area contributed by atoms with E-state index in [-0.39, 0.29) is 35.4 Å². The zero-order valence-corrected chi connectivity index (χ0v) is 18.3. The lowest BCUT2D eigenvalue weighted by Gasteiger charge is -2.33. The molecule has 1 amide bonds. The lowest BCUT2D eigenvalue weighted by Crippen LogP contribution is -2.34. The van der Waals surface area contributed by atoms with Gasteiger partial charge in [-0.25, -0.2) is 9.78 Å². The summed E-state index contributed by atoms with van der Waals surface area (Å²) < 4.78 is 5.02. The Morgan fingerprint density at radius 1 is 1.37 bits per heavy atom. The zero-order chi connectivity index (χ0) is 21.7. The van der Waals surface area contributed by atoms with Gasteiger partial charge < -0.3 is 9.64 Å². The van der Waals surface area contributed by atoms with E-state index < -0.39 is 5.97 Å². The summed E-state index contributed by atoms with van der Waals surface area (Å²) in [5.41, 5.74) is 3.55. The van der Waals surface area contributed by atoms with Gasteiger partial charge in [-0.05, 0) is 50.3 Å². The first-order valence-corrected chi connectivity index (χ1v) is 11.0. The van der Waals surface area contributed by atoms with Crippen LogP contribution >= 0.6 is 11.8 Å². The average Bonchev–Trinajstić information content (AvgIpc) is 2.76. The smallest absolute Gasteiger partial charge is 0.340 e. The van der Waals surface area contributed by atoms with Crippen molar-refractivity contribution in [3.05, 3.63) is 58.3 Å². The number of ether oxygens (including phenoxy) is 1. The molecule has 0 N–H and O–H groups in total. The minimum atomic E-state index is -0.498. The number of carbonyl (C=O) groups excluding carboxylic acids is 2. The number of rotatable bonds is 6. The van der Waals surface area contributed by atoms with Gasteiger partial charge in [0, 0.05) is 7.05 Å². The summed E-state index contributed by atoms with van der Waals surface area (Å²) in [6, 6.07) is 11.9. The third kappa shape index (κ3) is 4.65. The number of thioether (sulfide) groups is 1. The molecule has 0 saturated heterocycles. The van der Waals surface area contributed by atoms with Crippen molar-refractivity contribution in [2.24, 2.45) is 0 Å². The quantitative estimate of drug-likeness (QED) is 0.515. The molecular formula is C23H25N3O3S. The van der Waals surface area contributed by atoms with Gasteiger partial charge in [0.25, 0.3) is 0 Å². The molecule has 30 heavy (non-hydrogen) atoms. The SMILES string of the molecule is CCOC(=O)c1cc(C#N)c(SCC(=O)N(C)[C@@H]2CCCc3ccccc32)nc1C. The molecule has 156 valence electrons. The molecule has 1 atom stereocenters. The molecule has 0 spiro atoms. The lowest BCUT2D eigenvalue weighted by molar-refractivity contribution is -0.129. The van der Waals surface area contributed by atoms with Gasteiger partial charge in [0.15, 0.2) is 0 Å². The van der Waals surface area contributed by atoms with E-state index in [4.69, 9.17) is 4.74 Å². The molecule has 6 nitrogen and oxygen atoms in total. The Balaban J connectivity index is 1.73. The van der Waals surface area contributed by atoms with Crippen LogP contribution in [0.15, 0.2) is 35.4 Å². The fraction of sp³-hybridized carbons (Fsp3) is 0.391. The minimum Gasteiger partial charge on any atom is -0.462 e. The molecule has 1 heterocycles. The highest BCUT2D eigenvalue weighted by atomic mass is 32.2. The molecule has 0 saturated carbocycles. The van der Waals surface area contributed by atoms with E-state index in [0.717, 1.165) is 19.3 Å². The summed E-state index contributed by atoms with van der Waals surface area (Å²) in [6.45, 7) is 3.68. The van der Waals surface area contributed by atoms with Crippen molar-refractivity contribution < 1.29 is 14.3 Å². The van der Waals surface area contributed by atoms with Crippen molar-refractivity contribution in [2.45, 2.75) is 44.2 Å². The first-order valence-electron chi connectivity index (χ1n) is 10.0. The first kappa shape index (κ1) is 21.8. The van der Waals surface area contributed by atoms with Gasteiger partial charge in [-0.15, -0.1) is 0 Å². The van der Waals surface area contributed by atoms with Crippen LogP contribution in [0, 0.1) is 18.3 Å². The van der Waals surface area contributed by atoms with Gasteiger partial charge in [0.1, 0.15) is 11.1 Å². The van der Waals surface area contributed by atoms with Crippen LogP contribution < -0.4 is 0 Å². The average molecular weight is 424 g/mol. The Morgan fingerprint density at radius 3 is 2.87 bits per heavy atom. The number of carbonyl (C=O) groups is 2. The molecule has 0 fully saturated rings. The topological polar surface area (TPSA) is 83.3 Å². The number of hydrogen-bond acceptors (Lipinski definition) is 6. The van der Waals surface area contributed by atoms with Crippen LogP contribution in [0.1, 0.15) is 58.5 Å². The van der Waals surface area contributed by atoms with Crippen LogP contribution in [0.3, 0.4) is 0 Å². The van der Waals surface area contributed by atoms with Crippen molar-refractivity contribution in [1.82, 2.24) is 9.88 Å². The third-order valence-corrected chi connectivity index (χ3v) is 6.30. The van der Waals surface area contributed by atoms with E-state index in [2.05, 4.69) is 23.2 Å². The number of nitriles is 1. The van der Waals surface area contributed by atoms with Crippen molar-refractivity contribution in [1.29, 1.82) is 5.26 Å². The monoisotopic (exact) mass is 423 g/mol. The van der Waals surface area contributed by atoms with Crippen molar-refractivity contribution in [2.75, 3.05) is 19.4 Å². The van der Waals surface area contributed by atoms with Crippen molar-refractivity contribution >= 4 is 23.6 Å². The Morgan fingerprint density at radius 2 is 2.13 bits per heavy atom. The van der Waals surface area contributed by atoms with E-state index in [1.165, 1.54) is 29.0 Å². The molecule has 2 aromatic rings. The van der Waals surface area contributed by atoms with Gasteiger partial charge in [-0.1, -0.05) is 36.0 Å². The minimum absolute atomic E-state index is 0.0143. The highest BCUT2D eigenvalue weighted by Crippen LogP contribution is 2.34. The first-order chi connectivity index (χ1) is 14.5. The normalized spacial score (nSPS) is 15.1. The number of nitrogens with zero attached hydrogens (tertiary/aromatic N) is 3. The number of aryl methyl sites for hydroxylation is 2. The highest BCUT2D eigenvalue weighted by Gasteiger charge is 2.27. The fourth-order valence-electron chi connectivity index (χ4n) is 3.73. The predicted molar refractivity (Wildman–Crippen MR) is 115 cm³/mol. The Labute approximate surface area is 181 Å². The van der Waals surface area contributed by atoms with Gasteiger partial charge >= 0.3 is 5.97 Å². The van der Waals surface area contributed by atoms with Crippen molar-refractivity contribution in [3.8, 4) is 6.07 Å². The number of esters is 1. The summed E-state index contributed by atoms with van der Waals surface area (Å²) in [4.78, 5) is 31.1. The zero-order valence-electron chi connectivity index (χ0n) is 17.5. The molecule has 1 aromatic heterocycles. The number of benzene rings is 1. The summed E-state index contributed by atoms with van der Waals surface area (Å²) in [7, 11) is 1.84. The van der Waals surface area contributed by atoms with E-state index in [9.17, 15) is 14.9 Å². The molecular weight excluding hydrogens is 398 g/mol. The number of aromatic nitrogens is 1. The van der Waals surface area contributed by atoms with E-state index in [1.807, 2.05) is 19.2 Å². The molecule has 1 aliphatic carbocycles. The van der Waals surface area contributed by atoms with Crippen molar-refractivity contribution in [3.63, 3.8) is 0 Å². The second-order valence-corrected chi connectivity index (χ2v) is 8.17. The molecule has 0 radical (unpaired) electrons. The summed E-state index contributed by atoms with van der Waals surface area (Å²) in [5.74, 6) is -0.337. The molecule has 0 unspecified atom stereocenters. The number of fused-ring (bicyclic) bond motifs is 1. The van der Waals surface area contributed by atoms with Gasteiger partial charge in [-0.2, -0.15) is 5.26 Å². The van der Waals surface area contributed by atoms with Crippen LogP contribution in [0.25, 0.3) is 0 Å². The molecule has 7 heteroatoms. The Bertz CT molecular complexity index is 1000. The largest absolute Gasteiger partial charge is 0.462 e. The number of hydrogen-bond donors (Lipinski definition) is 0. The second kappa shape index (κ2) is 9.77.